The van der Waals surface area contributed by atoms with Crippen LogP contribution in [0.5, 0.6) is 0 Å². The SMILES string of the molecule is CC(=O)[C@]12C[C@H](O)[C@H]3[C@@H](CCC4=CC(=O)CC[C@@]43C)[C@@H]1CC[C@@H]2CCO. The van der Waals surface area contributed by atoms with Crippen molar-refractivity contribution in [2.24, 2.45) is 34.5 Å². The number of carbonyl (C=O) groups is 2. The van der Waals surface area contributed by atoms with Gasteiger partial charge in [0.1, 0.15) is 5.78 Å². The van der Waals surface area contributed by atoms with E-state index in [0.717, 1.165) is 32.1 Å². The third-order valence-electron chi connectivity index (χ3n) is 8.73. The van der Waals surface area contributed by atoms with Crippen LogP contribution in [0.15, 0.2) is 11.6 Å². The smallest absolute Gasteiger partial charge is 0.155 e. The van der Waals surface area contributed by atoms with Crippen molar-refractivity contribution >= 4 is 11.6 Å². The van der Waals surface area contributed by atoms with E-state index >= 15 is 0 Å². The minimum atomic E-state index is -0.499. The Labute approximate surface area is 156 Å². The largest absolute Gasteiger partial charge is 0.396 e. The van der Waals surface area contributed by atoms with Crippen LogP contribution in [0.1, 0.15) is 65.2 Å². The van der Waals surface area contributed by atoms with Gasteiger partial charge in [-0.2, -0.15) is 0 Å². The monoisotopic (exact) mass is 360 g/mol. The number of carbonyl (C=O) groups excluding carboxylic acids is 2. The molecule has 0 aromatic rings. The van der Waals surface area contributed by atoms with Crippen LogP contribution in [0.2, 0.25) is 0 Å². The van der Waals surface area contributed by atoms with Gasteiger partial charge in [-0.05, 0) is 87.0 Å². The summed E-state index contributed by atoms with van der Waals surface area (Å²) in [5, 5.41) is 20.8. The Hall–Kier alpha value is -1.00. The number of fused-ring (bicyclic) bond motifs is 5. The normalized spacial score (nSPS) is 47.6. The van der Waals surface area contributed by atoms with Crippen LogP contribution in [0.4, 0.5) is 0 Å². The first-order chi connectivity index (χ1) is 12.3. The van der Waals surface area contributed by atoms with Crippen LogP contribution in [0.25, 0.3) is 0 Å². The standard InChI is InChI=1S/C22H32O4/c1-13(24)22-12-19(26)20-17(18(22)6-4-14(22)8-10-23)5-3-15-11-16(25)7-9-21(15,20)2/h11,14,17-20,23,26H,3-10,12H2,1-2H3/t14-,17+,18+,19+,20-,21+,22+/m1/s1. The highest BCUT2D eigenvalue weighted by atomic mass is 16.3. The first-order valence-corrected chi connectivity index (χ1v) is 10.4. The van der Waals surface area contributed by atoms with Gasteiger partial charge in [0.25, 0.3) is 0 Å². The second kappa shape index (κ2) is 6.27. The highest BCUT2D eigenvalue weighted by Gasteiger charge is 2.64. The summed E-state index contributed by atoms with van der Waals surface area (Å²) in [5.41, 5.74) is 0.675. The Morgan fingerprint density at radius 1 is 1.27 bits per heavy atom. The average Bonchev–Trinajstić information content (AvgIpc) is 2.95. The summed E-state index contributed by atoms with van der Waals surface area (Å²) in [4.78, 5) is 24.8. The molecule has 7 atom stereocenters. The number of Topliss-reactive ketones (excluding diaryl/α,β-unsaturated/α-hetero) is 1. The molecule has 26 heavy (non-hydrogen) atoms. The zero-order chi connectivity index (χ0) is 18.7. The highest BCUT2D eigenvalue weighted by Crippen LogP contribution is 2.67. The van der Waals surface area contributed by atoms with Crippen molar-refractivity contribution in [1.82, 2.24) is 0 Å². The van der Waals surface area contributed by atoms with Gasteiger partial charge in [-0.1, -0.05) is 12.5 Å². The lowest BCUT2D eigenvalue weighted by molar-refractivity contribution is -0.160. The Bertz CT molecular complexity index is 653. The minimum Gasteiger partial charge on any atom is -0.396 e. The van der Waals surface area contributed by atoms with Crippen LogP contribution in [-0.2, 0) is 9.59 Å². The quantitative estimate of drug-likeness (QED) is 0.811. The third-order valence-corrected chi connectivity index (χ3v) is 8.73. The number of aliphatic hydroxyl groups is 2. The van der Waals surface area contributed by atoms with Crippen molar-refractivity contribution < 1.29 is 19.8 Å². The second-order valence-corrected chi connectivity index (χ2v) is 9.54. The zero-order valence-corrected chi connectivity index (χ0v) is 16.0. The molecule has 4 nitrogen and oxygen atoms in total. The minimum absolute atomic E-state index is 0.103. The predicted octanol–water partition coefficient (Wildman–Crippen LogP) is 3.06. The van der Waals surface area contributed by atoms with E-state index in [4.69, 9.17) is 0 Å². The number of aliphatic hydroxyl groups excluding tert-OH is 2. The predicted molar refractivity (Wildman–Crippen MR) is 98.3 cm³/mol. The molecule has 4 aliphatic carbocycles. The highest BCUT2D eigenvalue weighted by molar-refractivity contribution is 5.91. The first kappa shape index (κ1) is 18.4. The maximum Gasteiger partial charge on any atom is 0.155 e. The number of hydrogen-bond acceptors (Lipinski definition) is 4. The van der Waals surface area contributed by atoms with Crippen molar-refractivity contribution in [3.63, 3.8) is 0 Å². The zero-order valence-electron chi connectivity index (χ0n) is 16.0. The van der Waals surface area contributed by atoms with Gasteiger partial charge < -0.3 is 10.2 Å². The van der Waals surface area contributed by atoms with E-state index in [1.54, 1.807) is 6.92 Å². The fourth-order valence-electron chi connectivity index (χ4n) is 7.68. The Morgan fingerprint density at radius 2 is 2.04 bits per heavy atom. The molecule has 0 radical (unpaired) electrons. The first-order valence-electron chi connectivity index (χ1n) is 10.4. The summed E-state index contributed by atoms with van der Waals surface area (Å²) in [6.45, 7) is 4.06. The van der Waals surface area contributed by atoms with Gasteiger partial charge in [-0.25, -0.2) is 0 Å². The molecule has 4 rings (SSSR count). The summed E-state index contributed by atoms with van der Waals surface area (Å²) >= 11 is 0. The Balaban J connectivity index is 1.74. The van der Waals surface area contributed by atoms with Gasteiger partial charge in [-0.15, -0.1) is 0 Å². The lowest BCUT2D eigenvalue weighted by Gasteiger charge is -2.60. The summed E-state index contributed by atoms with van der Waals surface area (Å²) in [6, 6.07) is 0. The molecule has 0 amide bonds. The maximum atomic E-state index is 12.9. The molecule has 0 spiro atoms. The van der Waals surface area contributed by atoms with Crippen LogP contribution >= 0.6 is 0 Å². The van der Waals surface area contributed by atoms with Crippen molar-refractivity contribution in [1.29, 1.82) is 0 Å². The van der Waals surface area contributed by atoms with Gasteiger partial charge in [0, 0.05) is 18.4 Å². The van der Waals surface area contributed by atoms with E-state index in [9.17, 15) is 19.8 Å². The molecule has 0 aromatic heterocycles. The van der Waals surface area contributed by atoms with Gasteiger partial charge in [0.2, 0.25) is 0 Å². The van der Waals surface area contributed by atoms with Crippen molar-refractivity contribution in [3.8, 4) is 0 Å². The summed E-state index contributed by atoms with van der Waals surface area (Å²) < 4.78 is 0. The van der Waals surface area contributed by atoms with E-state index in [1.807, 2.05) is 6.08 Å². The molecule has 0 aliphatic heterocycles. The molecule has 4 aliphatic rings. The molecule has 0 aromatic carbocycles. The summed E-state index contributed by atoms with van der Waals surface area (Å²) in [5.74, 6) is 1.45. The number of hydrogen-bond donors (Lipinski definition) is 2. The van der Waals surface area contributed by atoms with Crippen LogP contribution in [0, 0.1) is 34.5 Å². The molecule has 4 heteroatoms. The van der Waals surface area contributed by atoms with Crippen molar-refractivity contribution in [2.45, 2.75) is 71.3 Å². The van der Waals surface area contributed by atoms with E-state index in [1.165, 1.54) is 5.57 Å². The molecule has 0 saturated heterocycles. The van der Waals surface area contributed by atoms with Crippen LogP contribution in [-0.4, -0.2) is 34.5 Å². The second-order valence-electron chi connectivity index (χ2n) is 9.54. The topological polar surface area (TPSA) is 74.6 Å². The van der Waals surface area contributed by atoms with Crippen LogP contribution < -0.4 is 0 Å². The van der Waals surface area contributed by atoms with Gasteiger partial charge >= 0.3 is 0 Å². The maximum absolute atomic E-state index is 12.9. The average molecular weight is 360 g/mol. The third kappa shape index (κ3) is 2.34. The van der Waals surface area contributed by atoms with Crippen LogP contribution in [0.3, 0.4) is 0 Å². The van der Waals surface area contributed by atoms with Gasteiger partial charge in [0.15, 0.2) is 5.78 Å². The van der Waals surface area contributed by atoms with E-state index in [-0.39, 0.29) is 35.4 Å². The summed E-state index contributed by atoms with van der Waals surface area (Å²) in [6.07, 6.45) is 7.87. The van der Waals surface area contributed by atoms with Crippen molar-refractivity contribution in [3.05, 3.63) is 11.6 Å². The molecule has 3 fully saturated rings. The number of allylic oxidation sites excluding steroid dienone is 1. The summed E-state index contributed by atoms with van der Waals surface area (Å²) in [7, 11) is 0. The molecular weight excluding hydrogens is 328 g/mol. The molecule has 2 N–H and O–H groups in total. The molecular formula is C22H32O4. The number of rotatable bonds is 3. The number of ketones is 2. The fraction of sp³-hybridized carbons (Fsp3) is 0.818. The fourth-order valence-corrected chi connectivity index (χ4v) is 7.68. The lowest BCUT2D eigenvalue weighted by Crippen LogP contribution is -2.59. The molecule has 0 unspecified atom stereocenters. The van der Waals surface area contributed by atoms with E-state index < -0.39 is 11.5 Å². The lowest BCUT2D eigenvalue weighted by atomic mass is 9.45. The Morgan fingerprint density at radius 3 is 2.73 bits per heavy atom. The van der Waals surface area contributed by atoms with Crippen molar-refractivity contribution in [2.75, 3.05) is 6.61 Å². The Kier molecular flexibility index (Phi) is 4.43. The molecule has 0 heterocycles. The van der Waals surface area contributed by atoms with E-state index in [2.05, 4.69) is 6.92 Å². The molecule has 3 saturated carbocycles. The van der Waals surface area contributed by atoms with Gasteiger partial charge in [0.05, 0.1) is 6.10 Å². The molecule has 144 valence electrons. The van der Waals surface area contributed by atoms with Gasteiger partial charge in [-0.3, -0.25) is 9.59 Å². The molecule has 0 bridgehead atoms. The van der Waals surface area contributed by atoms with E-state index in [0.29, 0.717) is 31.1 Å².